The molecule has 0 atom stereocenters. The van der Waals surface area contributed by atoms with E-state index in [0.29, 0.717) is 19.0 Å². The molecule has 1 saturated heterocycles. The zero-order chi connectivity index (χ0) is 13.7. The van der Waals surface area contributed by atoms with Crippen LogP contribution in [0.15, 0.2) is 11.7 Å². The number of thiazole rings is 1. The van der Waals surface area contributed by atoms with E-state index in [1.807, 2.05) is 22.7 Å². The molecule has 3 heterocycles. The Morgan fingerprint density at radius 1 is 1.40 bits per heavy atom. The second-order valence-electron chi connectivity index (χ2n) is 5.53. The van der Waals surface area contributed by atoms with Gasteiger partial charge in [0.15, 0.2) is 0 Å². The molecule has 0 N–H and O–H groups in total. The molecule has 1 amide bonds. The van der Waals surface area contributed by atoms with Crippen LogP contribution in [-0.2, 0) is 0 Å². The lowest BCUT2D eigenvalue weighted by atomic mass is 10.1. The second kappa shape index (κ2) is 4.37. The highest BCUT2D eigenvalue weighted by molar-refractivity contribution is 7.11. The normalized spacial score (nSPS) is 19.1. The maximum absolute atomic E-state index is 12.3. The molecule has 2 aliphatic rings. The highest BCUT2D eigenvalue weighted by Gasteiger charge is 2.35. The molecule has 2 fully saturated rings. The van der Waals surface area contributed by atoms with Gasteiger partial charge >= 0.3 is 0 Å². The molecular formula is C13H15N5OS. The van der Waals surface area contributed by atoms with E-state index in [0.717, 1.165) is 16.3 Å². The Morgan fingerprint density at radius 2 is 2.20 bits per heavy atom. The Hall–Kier alpha value is -1.76. The van der Waals surface area contributed by atoms with Crippen molar-refractivity contribution >= 4 is 17.2 Å². The molecule has 0 aromatic carbocycles. The maximum atomic E-state index is 12.3. The van der Waals surface area contributed by atoms with Crippen LogP contribution in [0.1, 0.15) is 45.9 Å². The van der Waals surface area contributed by atoms with Crippen LogP contribution in [0, 0.1) is 6.92 Å². The lowest BCUT2D eigenvalue weighted by molar-refractivity contribution is 0.0502. The van der Waals surface area contributed by atoms with Crippen LogP contribution in [0.4, 0.5) is 0 Å². The van der Waals surface area contributed by atoms with Gasteiger partial charge in [0, 0.05) is 25.2 Å². The average molecular weight is 289 g/mol. The van der Waals surface area contributed by atoms with E-state index in [-0.39, 0.29) is 11.9 Å². The number of likely N-dealkylation sites (tertiary alicyclic amines) is 1. The van der Waals surface area contributed by atoms with E-state index in [1.54, 1.807) is 5.51 Å². The van der Waals surface area contributed by atoms with Crippen molar-refractivity contribution in [3.8, 4) is 0 Å². The Kier molecular flexibility index (Phi) is 2.63. The van der Waals surface area contributed by atoms with E-state index in [4.69, 9.17) is 0 Å². The smallest absolute Gasteiger partial charge is 0.265 e. The molecule has 0 spiro atoms. The summed E-state index contributed by atoms with van der Waals surface area (Å²) in [6.45, 7) is 3.30. The van der Waals surface area contributed by atoms with Crippen molar-refractivity contribution in [1.29, 1.82) is 0 Å². The summed E-state index contributed by atoms with van der Waals surface area (Å²) in [7, 11) is 0. The monoisotopic (exact) mass is 289 g/mol. The summed E-state index contributed by atoms with van der Waals surface area (Å²) in [5, 5.41) is 8.41. The van der Waals surface area contributed by atoms with Crippen molar-refractivity contribution in [2.45, 2.75) is 31.7 Å². The van der Waals surface area contributed by atoms with Crippen LogP contribution in [-0.4, -0.2) is 43.9 Å². The third kappa shape index (κ3) is 1.93. The van der Waals surface area contributed by atoms with E-state index < -0.39 is 0 Å². The topological polar surface area (TPSA) is 63.9 Å². The number of rotatable bonds is 3. The SMILES string of the molecule is Cc1ncsc1C(=O)N1CC(n2cc(C3CC3)nn2)C1. The Morgan fingerprint density at radius 3 is 2.85 bits per heavy atom. The molecular weight excluding hydrogens is 274 g/mol. The summed E-state index contributed by atoms with van der Waals surface area (Å²) in [5.41, 5.74) is 3.65. The Labute approximate surface area is 120 Å². The minimum Gasteiger partial charge on any atom is -0.333 e. The maximum Gasteiger partial charge on any atom is 0.265 e. The molecule has 0 bridgehead atoms. The van der Waals surface area contributed by atoms with Gasteiger partial charge in [0.25, 0.3) is 5.91 Å². The van der Waals surface area contributed by atoms with Gasteiger partial charge in [0.2, 0.25) is 0 Å². The average Bonchev–Trinajstić information content (AvgIpc) is 2.96. The highest BCUT2D eigenvalue weighted by Crippen LogP contribution is 2.39. The van der Waals surface area contributed by atoms with E-state index >= 15 is 0 Å². The molecule has 4 rings (SSSR count). The number of aryl methyl sites for hydroxylation is 1. The summed E-state index contributed by atoms with van der Waals surface area (Å²) >= 11 is 1.41. The fourth-order valence-electron chi connectivity index (χ4n) is 2.47. The Bertz CT molecular complexity index is 653. The van der Waals surface area contributed by atoms with Crippen molar-refractivity contribution in [3.05, 3.63) is 28.0 Å². The van der Waals surface area contributed by atoms with Gasteiger partial charge in [-0.25, -0.2) is 9.67 Å². The van der Waals surface area contributed by atoms with Gasteiger partial charge in [-0.15, -0.1) is 16.4 Å². The zero-order valence-electron chi connectivity index (χ0n) is 11.2. The molecule has 1 aliphatic carbocycles. The highest BCUT2D eigenvalue weighted by atomic mass is 32.1. The quantitative estimate of drug-likeness (QED) is 0.861. The summed E-state index contributed by atoms with van der Waals surface area (Å²) in [6, 6.07) is 0.271. The van der Waals surface area contributed by atoms with Crippen molar-refractivity contribution < 1.29 is 4.79 Å². The fourth-order valence-corrected chi connectivity index (χ4v) is 3.24. The Balaban J connectivity index is 1.41. The molecule has 1 aliphatic heterocycles. The summed E-state index contributed by atoms with van der Waals surface area (Å²) in [4.78, 5) is 19.0. The first-order chi connectivity index (χ1) is 9.72. The number of carbonyl (C=O) groups excluding carboxylic acids is 1. The van der Waals surface area contributed by atoms with Crippen molar-refractivity contribution in [2.24, 2.45) is 0 Å². The van der Waals surface area contributed by atoms with Gasteiger partial charge in [0.1, 0.15) is 4.88 Å². The predicted octanol–water partition coefficient (Wildman–Crippen LogP) is 1.62. The minimum absolute atomic E-state index is 0.0868. The van der Waals surface area contributed by atoms with Crippen molar-refractivity contribution in [3.63, 3.8) is 0 Å². The van der Waals surface area contributed by atoms with E-state index in [9.17, 15) is 4.79 Å². The molecule has 1 saturated carbocycles. The first kappa shape index (κ1) is 12.0. The third-order valence-electron chi connectivity index (χ3n) is 3.99. The molecule has 7 heteroatoms. The lowest BCUT2D eigenvalue weighted by Crippen LogP contribution is -2.50. The van der Waals surface area contributed by atoms with Crippen LogP contribution in [0.5, 0.6) is 0 Å². The van der Waals surface area contributed by atoms with Crippen molar-refractivity contribution in [2.75, 3.05) is 13.1 Å². The first-order valence-electron chi connectivity index (χ1n) is 6.83. The van der Waals surface area contributed by atoms with Gasteiger partial charge in [-0.2, -0.15) is 0 Å². The van der Waals surface area contributed by atoms with E-state index in [1.165, 1.54) is 24.2 Å². The number of amides is 1. The number of nitrogens with zero attached hydrogens (tertiary/aromatic N) is 5. The number of aromatic nitrogens is 4. The number of hydrogen-bond donors (Lipinski definition) is 0. The molecule has 104 valence electrons. The lowest BCUT2D eigenvalue weighted by Gasteiger charge is -2.38. The third-order valence-corrected chi connectivity index (χ3v) is 4.90. The van der Waals surface area contributed by atoms with Crippen LogP contribution in [0.25, 0.3) is 0 Å². The molecule has 6 nitrogen and oxygen atoms in total. The largest absolute Gasteiger partial charge is 0.333 e. The summed E-state index contributed by atoms with van der Waals surface area (Å²) in [6.07, 6.45) is 4.51. The molecule has 0 radical (unpaired) electrons. The van der Waals surface area contributed by atoms with Crippen LogP contribution in [0.3, 0.4) is 0 Å². The number of hydrogen-bond acceptors (Lipinski definition) is 5. The minimum atomic E-state index is 0.0868. The molecule has 2 aromatic rings. The summed E-state index contributed by atoms with van der Waals surface area (Å²) in [5.74, 6) is 0.713. The van der Waals surface area contributed by atoms with Gasteiger partial charge in [-0.05, 0) is 19.8 Å². The molecule has 20 heavy (non-hydrogen) atoms. The van der Waals surface area contributed by atoms with Gasteiger partial charge in [-0.1, -0.05) is 5.21 Å². The van der Waals surface area contributed by atoms with Gasteiger partial charge < -0.3 is 4.90 Å². The fraction of sp³-hybridized carbons (Fsp3) is 0.538. The molecule has 0 unspecified atom stereocenters. The molecule has 2 aromatic heterocycles. The van der Waals surface area contributed by atoms with Crippen LogP contribution in [0.2, 0.25) is 0 Å². The van der Waals surface area contributed by atoms with Crippen LogP contribution >= 0.6 is 11.3 Å². The van der Waals surface area contributed by atoms with Gasteiger partial charge in [-0.3, -0.25) is 4.79 Å². The van der Waals surface area contributed by atoms with Crippen molar-refractivity contribution in [1.82, 2.24) is 24.9 Å². The first-order valence-corrected chi connectivity index (χ1v) is 7.71. The number of carbonyl (C=O) groups is 1. The van der Waals surface area contributed by atoms with Gasteiger partial charge in [0.05, 0.1) is 22.9 Å². The second-order valence-corrected chi connectivity index (χ2v) is 6.38. The standard InChI is InChI=1S/C13H15N5OS/c1-8-12(20-7-14-8)13(19)17-4-10(5-17)18-6-11(15-16-18)9-2-3-9/h6-7,9-10H,2-5H2,1H3. The predicted molar refractivity (Wildman–Crippen MR) is 73.8 cm³/mol. The van der Waals surface area contributed by atoms with Crippen LogP contribution < -0.4 is 0 Å². The zero-order valence-corrected chi connectivity index (χ0v) is 12.0. The summed E-state index contributed by atoms with van der Waals surface area (Å²) < 4.78 is 1.91. The van der Waals surface area contributed by atoms with E-state index in [2.05, 4.69) is 15.3 Å².